The molecule has 90 valence electrons. The van der Waals surface area contributed by atoms with E-state index >= 15 is 0 Å². The van der Waals surface area contributed by atoms with Crippen molar-refractivity contribution in [3.05, 3.63) is 29.8 Å². The molecule has 0 amide bonds. The quantitative estimate of drug-likeness (QED) is 0.728. The summed E-state index contributed by atoms with van der Waals surface area (Å²) in [6, 6.07) is 7.99. The molecule has 0 N–H and O–H groups in total. The van der Waals surface area contributed by atoms with Crippen molar-refractivity contribution in [3.8, 4) is 5.75 Å². The van der Waals surface area contributed by atoms with E-state index in [1.54, 1.807) is 0 Å². The average Bonchev–Trinajstić information content (AvgIpc) is 2.14. The van der Waals surface area contributed by atoms with E-state index in [1.165, 1.54) is 5.56 Å². The second kappa shape index (κ2) is 4.67. The van der Waals surface area contributed by atoms with Gasteiger partial charge in [0.2, 0.25) is 0 Å². The third kappa shape index (κ3) is 3.71. The van der Waals surface area contributed by atoms with Gasteiger partial charge in [-0.25, -0.2) is 0 Å². The Kier molecular flexibility index (Phi) is 3.90. The SMILES string of the molecule is CC(C)(C)CC(C)(C)c1ccc(OCl)cc1. The van der Waals surface area contributed by atoms with Crippen molar-refractivity contribution in [1.82, 2.24) is 0 Å². The zero-order valence-electron chi connectivity index (χ0n) is 10.8. The van der Waals surface area contributed by atoms with Crippen molar-refractivity contribution in [1.29, 1.82) is 0 Å². The van der Waals surface area contributed by atoms with Crippen LogP contribution in [0.25, 0.3) is 0 Å². The summed E-state index contributed by atoms with van der Waals surface area (Å²) in [5.74, 6) is 0.692. The minimum Gasteiger partial charge on any atom is -0.386 e. The molecule has 16 heavy (non-hydrogen) atoms. The maximum Gasteiger partial charge on any atom is 0.146 e. The molecule has 0 fully saturated rings. The van der Waals surface area contributed by atoms with Crippen LogP contribution in [0.5, 0.6) is 5.75 Å². The van der Waals surface area contributed by atoms with Crippen LogP contribution in [0.4, 0.5) is 0 Å². The summed E-state index contributed by atoms with van der Waals surface area (Å²) >= 11 is 5.30. The average molecular weight is 241 g/mol. The molecular weight excluding hydrogens is 220 g/mol. The van der Waals surface area contributed by atoms with Gasteiger partial charge in [0.15, 0.2) is 0 Å². The maximum absolute atomic E-state index is 5.30. The van der Waals surface area contributed by atoms with E-state index in [0.717, 1.165) is 6.42 Å². The summed E-state index contributed by atoms with van der Waals surface area (Å²) in [7, 11) is 0. The highest BCUT2D eigenvalue weighted by molar-refractivity contribution is 6.09. The Morgan fingerprint density at radius 1 is 1.00 bits per heavy atom. The fraction of sp³-hybridized carbons (Fsp3) is 0.571. The van der Waals surface area contributed by atoms with Gasteiger partial charge in [-0.3, -0.25) is 0 Å². The van der Waals surface area contributed by atoms with Crippen LogP contribution < -0.4 is 4.29 Å². The van der Waals surface area contributed by atoms with Gasteiger partial charge in [0.05, 0.1) is 0 Å². The predicted molar refractivity (Wildman–Crippen MR) is 70.0 cm³/mol. The van der Waals surface area contributed by atoms with Crippen LogP contribution in [-0.2, 0) is 5.41 Å². The van der Waals surface area contributed by atoms with E-state index in [4.69, 9.17) is 11.9 Å². The van der Waals surface area contributed by atoms with Crippen LogP contribution in [0.15, 0.2) is 24.3 Å². The third-order valence-electron chi connectivity index (χ3n) is 2.70. The van der Waals surface area contributed by atoms with Crippen LogP contribution >= 0.6 is 11.9 Å². The van der Waals surface area contributed by atoms with Crippen LogP contribution in [0.2, 0.25) is 0 Å². The molecule has 0 heterocycles. The highest BCUT2D eigenvalue weighted by atomic mass is 35.5. The lowest BCUT2D eigenvalue weighted by Crippen LogP contribution is -2.24. The van der Waals surface area contributed by atoms with Crippen molar-refractivity contribution in [2.24, 2.45) is 5.41 Å². The monoisotopic (exact) mass is 240 g/mol. The van der Waals surface area contributed by atoms with Crippen LogP contribution in [-0.4, -0.2) is 0 Å². The first-order chi connectivity index (χ1) is 7.24. The predicted octanol–water partition coefficient (Wildman–Crippen LogP) is 4.93. The standard InChI is InChI=1S/C14H21ClO/c1-13(2,3)10-14(4,5)11-6-8-12(16-15)9-7-11/h6-9H,10H2,1-5H3. The first-order valence-electron chi connectivity index (χ1n) is 5.64. The van der Waals surface area contributed by atoms with Gasteiger partial charge in [-0.15, -0.1) is 0 Å². The highest BCUT2D eigenvalue weighted by Crippen LogP contribution is 2.36. The Morgan fingerprint density at radius 3 is 1.88 bits per heavy atom. The normalized spacial score (nSPS) is 12.6. The Bertz CT molecular complexity index is 333. The third-order valence-corrected chi connectivity index (χ3v) is 2.88. The van der Waals surface area contributed by atoms with Crippen LogP contribution in [0.1, 0.15) is 46.6 Å². The Balaban J connectivity index is 2.89. The molecule has 0 unspecified atom stereocenters. The van der Waals surface area contributed by atoms with Gasteiger partial charge in [-0.2, -0.15) is 0 Å². The van der Waals surface area contributed by atoms with Crippen LogP contribution in [0, 0.1) is 5.41 Å². The van der Waals surface area contributed by atoms with E-state index in [-0.39, 0.29) is 5.41 Å². The molecule has 0 atom stereocenters. The van der Waals surface area contributed by atoms with Gasteiger partial charge in [0.1, 0.15) is 17.6 Å². The molecule has 1 rings (SSSR count). The summed E-state index contributed by atoms with van der Waals surface area (Å²) in [5.41, 5.74) is 1.81. The number of benzene rings is 1. The molecular formula is C14H21ClO. The molecule has 1 aromatic rings. The zero-order valence-corrected chi connectivity index (χ0v) is 11.6. The van der Waals surface area contributed by atoms with E-state index in [2.05, 4.69) is 51.0 Å². The number of hydrogen-bond donors (Lipinski definition) is 0. The number of hydrogen-bond acceptors (Lipinski definition) is 1. The Morgan fingerprint density at radius 2 is 1.50 bits per heavy atom. The van der Waals surface area contributed by atoms with E-state index in [0.29, 0.717) is 11.2 Å². The van der Waals surface area contributed by atoms with Gasteiger partial charge in [-0.05, 0) is 34.9 Å². The van der Waals surface area contributed by atoms with E-state index in [1.807, 2.05) is 12.1 Å². The van der Waals surface area contributed by atoms with Gasteiger partial charge in [0, 0.05) is 0 Å². The van der Waals surface area contributed by atoms with Crippen molar-refractivity contribution in [2.45, 2.75) is 46.5 Å². The molecule has 0 saturated carbocycles. The summed E-state index contributed by atoms with van der Waals surface area (Å²) in [6.45, 7) is 11.4. The fourth-order valence-corrected chi connectivity index (χ4v) is 2.49. The molecule has 2 heteroatoms. The minimum atomic E-state index is 0.170. The molecule has 0 radical (unpaired) electrons. The molecule has 0 aromatic heterocycles. The summed E-state index contributed by atoms with van der Waals surface area (Å²) in [4.78, 5) is 0. The first-order valence-corrected chi connectivity index (χ1v) is 5.95. The van der Waals surface area contributed by atoms with Crippen LogP contribution in [0.3, 0.4) is 0 Å². The molecule has 1 aromatic carbocycles. The summed E-state index contributed by atoms with van der Waals surface area (Å²) < 4.78 is 4.65. The van der Waals surface area contributed by atoms with Crippen molar-refractivity contribution in [2.75, 3.05) is 0 Å². The lowest BCUT2D eigenvalue weighted by atomic mass is 9.72. The van der Waals surface area contributed by atoms with E-state index < -0.39 is 0 Å². The molecule has 0 aliphatic heterocycles. The largest absolute Gasteiger partial charge is 0.386 e. The first kappa shape index (κ1) is 13.4. The van der Waals surface area contributed by atoms with Gasteiger partial charge >= 0.3 is 0 Å². The Hall–Kier alpha value is -0.690. The number of halogens is 1. The fourth-order valence-electron chi connectivity index (χ4n) is 2.39. The van der Waals surface area contributed by atoms with Gasteiger partial charge in [0.25, 0.3) is 0 Å². The highest BCUT2D eigenvalue weighted by Gasteiger charge is 2.27. The lowest BCUT2D eigenvalue weighted by molar-refractivity contribution is 0.284. The zero-order chi connectivity index (χ0) is 12.4. The topological polar surface area (TPSA) is 9.23 Å². The van der Waals surface area contributed by atoms with Crippen molar-refractivity contribution in [3.63, 3.8) is 0 Å². The second-order valence-corrected chi connectivity index (χ2v) is 6.38. The van der Waals surface area contributed by atoms with Crippen molar-refractivity contribution >= 4 is 11.9 Å². The summed E-state index contributed by atoms with van der Waals surface area (Å²) in [5, 5.41) is 0. The molecule has 0 spiro atoms. The summed E-state index contributed by atoms with van der Waals surface area (Å²) in [6.07, 6.45) is 1.14. The maximum atomic E-state index is 5.30. The molecule has 0 aliphatic carbocycles. The van der Waals surface area contributed by atoms with Gasteiger partial charge in [-0.1, -0.05) is 46.8 Å². The minimum absolute atomic E-state index is 0.170. The van der Waals surface area contributed by atoms with E-state index in [9.17, 15) is 0 Å². The smallest absolute Gasteiger partial charge is 0.146 e. The van der Waals surface area contributed by atoms with Gasteiger partial charge < -0.3 is 4.29 Å². The molecule has 0 bridgehead atoms. The molecule has 0 saturated heterocycles. The number of rotatable bonds is 3. The molecule has 0 aliphatic rings. The molecule has 1 nitrogen and oxygen atoms in total. The van der Waals surface area contributed by atoms with Crippen molar-refractivity contribution < 1.29 is 4.29 Å². The Labute approximate surface area is 104 Å². The lowest BCUT2D eigenvalue weighted by Gasteiger charge is -2.33. The second-order valence-electron chi connectivity index (χ2n) is 6.22.